The minimum absolute atomic E-state index is 0.527. The van der Waals surface area contributed by atoms with E-state index in [9.17, 15) is 4.79 Å². The maximum Gasteiger partial charge on any atom is 0.267 e. The number of hydrogen-bond donors (Lipinski definition) is 2. The predicted octanol–water partition coefficient (Wildman–Crippen LogP) is 3.57. The second-order valence-corrected chi connectivity index (χ2v) is 2.72. The molecule has 0 saturated heterocycles. The Hall–Kier alpha value is -1.61. The van der Waals surface area contributed by atoms with Crippen molar-refractivity contribution in [2.75, 3.05) is 0 Å². The Morgan fingerprint density at radius 1 is 1.12 bits per heavy atom. The molecule has 0 atom stereocenters. The van der Waals surface area contributed by atoms with Crippen molar-refractivity contribution in [2.45, 2.75) is 34.6 Å². The van der Waals surface area contributed by atoms with Gasteiger partial charge in [0.05, 0.1) is 0 Å². The van der Waals surface area contributed by atoms with Crippen LogP contribution in [0.3, 0.4) is 0 Å². The van der Waals surface area contributed by atoms with Gasteiger partial charge in [0.25, 0.3) is 5.91 Å². The van der Waals surface area contributed by atoms with Crippen LogP contribution in [0.15, 0.2) is 30.3 Å². The number of carbonyl (C=O) groups is 1. The Bertz CT molecular complexity index is 315. The van der Waals surface area contributed by atoms with Crippen LogP contribution in [0.2, 0.25) is 0 Å². The Balaban J connectivity index is 0. The molecule has 0 aliphatic carbocycles. The number of amides is 1. The van der Waals surface area contributed by atoms with Gasteiger partial charge >= 0.3 is 0 Å². The van der Waals surface area contributed by atoms with Gasteiger partial charge in [-0.3, -0.25) is 10.0 Å². The first-order chi connectivity index (χ1) is 8.22. The zero-order valence-corrected chi connectivity index (χ0v) is 11.3. The lowest BCUT2D eigenvalue weighted by Gasteiger charge is -1.94. The molecule has 0 bridgehead atoms. The lowest BCUT2D eigenvalue weighted by atomic mass is 10.1. The summed E-state index contributed by atoms with van der Waals surface area (Å²) in [5, 5.41) is 8.21. The van der Waals surface area contributed by atoms with Gasteiger partial charge in [-0.1, -0.05) is 57.5 Å². The molecule has 2 N–H and O–H groups in total. The molecule has 1 rings (SSSR count). The third-order valence-electron chi connectivity index (χ3n) is 1.61. The van der Waals surface area contributed by atoms with Crippen molar-refractivity contribution in [3.63, 3.8) is 0 Å². The Morgan fingerprint density at radius 3 is 2.00 bits per heavy atom. The number of benzene rings is 1. The lowest BCUT2D eigenvalue weighted by Crippen LogP contribution is -2.14. The van der Waals surface area contributed by atoms with Crippen LogP contribution in [0.5, 0.6) is 0 Å². The van der Waals surface area contributed by atoms with Crippen LogP contribution in [0.25, 0.3) is 6.08 Å². The number of carbonyl (C=O) groups excluding carboxylic acids is 1. The molecule has 1 aromatic carbocycles. The molecule has 96 valence electrons. The summed E-state index contributed by atoms with van der Waals surface area (Å²) in [6.45, 7) is 9.99. The molecule has 1 aromatic rings. The number of hydrogen-bond acceptors (Lipinski definition) is 2. The zero-order chi connectivity index (χ0) is 13.7. The summed E-state index contributed by atoms with van der Waals surface area (Å²) in [6, 6.07) is 7.71. The third kappa shape index (κ3) is 9.33. The second-order valence-electron chi connectivity index (χ2n) is 2.72. The fourth-order valence-corrected chi connectivity index (χ4v) is 0.887. The molecule has 1 amide bonds. The van der Waals surface area contributed by atoms with Crippen molar-refractivity contribution >= 4 is 12.0 Å². The van der Waals surface area contributed by atoms with Crippen LogP contribution in [0, 0.1) is 6.92 Å². The van der Waals surface area contributed by atoms with Crippen LogP contribution < -0.4 is 5.48 Å². The van der Waals surface area contributed by atoms with E-state index in [1.165, 1.54) is 17.1 Å². The summed E-state index contributed by atoms with van der Waals surface area (Å²) in [5.41, 5.74) is 3.62. The van der Waals surface area contributed by atoms with E-state index in [1.54, 1.807) is 6.08 Å². The van der Waals surface area contributed by atoms with Gasteiger partial charge in [-0.2, -0.15) is 0 Å². The van der Waals surface area contributed by atoms with Crippen molar-refractivity contribution in [2.24, 2.45) is 0 Å². The summed E-state index contributed by atoms with van der Waals surface area (Å²) in [7, 11) is 0. The SMILES string of the molecule is CC.CC.Cc1ccc(/C=C/C(=O)NO)cc1. The van der Waals surface area contributed by atoms with Crippen LogP contribution in [-0.4, -0.2) is 11.1 Å². The van der Waals surface area contributed by atoms with E-state index in [-0.39, 0.29) is 0 Å². The molecule has 3 heteroatoms. The predicted molar refractivity (Wildman–Crippen MR) is 72.8 cm³/mol. The summed E-state index contributed by atoms with van der Waals surface area (Å²) < 4.78 is 0. The minimum atomic E-state index is -0.527. The van der Waals surface area contributed by atoms with Gasteiger partial charge < -0.3 is 0 Å². The third-order valence-corrected chi connectivity index (χ3v) is 1.61. The highest BCUT2D eigenvalue weighted by Crippen LogP contribution is 2.04. The van der Waals surface area contributed by atoms with Crippen LogP contribution in [-0.2, 0) is 4.79 Å². The van der Waals surface area contributed by atoms with Gasteiger partial charge in [-0.15, -0.1) is 0 Å². The lowest BCUT2D eigenvalue weighted by molar-refractivity contribution is -0.124. The van der Waals surface area contributed by atoms with Crippen LogP contribution >= 0.6 is 0 Å². The molecule has 3 nitrogen and oxygen atoms in total. The van der Waals surface area contributed by atoms with Gasteiger partial charge in [-0.25, -0.2) is 5.48 Å². The summed E-state index contributed by atoms with van der Waals surface area (Å²) in [5.74, 6) is -0.527. The monoisotopic (exact) mass is 237 g/mol. The molecule has 0 radical (unpaired) electrons. The van der Waals surface area contributed by atoms with Crippen molar-refractivity contribution in [3.8, 4) is 0 Å². The highest BCUT2D eigenvalue weighted by Gasteiger charge is 1.90. The molecule has 0 aliphatic heterocycles. The van der Waals surface area contributed by atoms with Gasteiger partial charge in [0.1, 0.15) is 0 Å². The first-order valence-corrected chi connectivity index (χ1v) is 5.91. The van der Waals surface area contributed by atoms with Gasteiger partial charge in [-0.05, 0) is 18.6 Å². The first-order valence-electron chi connectivity index (χ1n) is 5.91. The largest absolute Gasteiger partial charge is 0.288 e. The van der Waals surface area contributed by atoms with Crippen LogP contribution in [0.4, 0.5) is 0 Å². The molecule has 0 aromatic heterocycles. The van der Waals surface area contributed by atoms with Crippen LogP contribution in [0.1, 0.15) is 38.8 Å². The molecule has 0 heterocycles. The summed E-state index contributed by atoms with van der Waals surface area (Å²) >= 11 is 0. The maximum absolute atomic E-state index is 10.6. The van der Waals surface area contributed by atoms with Crippen molar-refractivity contribution in [1.29, 1.82) is 0 Å². The molecule has 17 heavy (non-hydrogen) atoms. The van der Waals surface area contributed by atoms with Gasteiger partial charge in [0.15, 0.2) is 0 Å². The fourth-order valence-electron chi connectivity index (χ4n) is 0.887. The maximum atomic E-state index is 10.6. The van der Waals surface area contributed by atoms with E-state index in [0.717, 1.165) is 5.56 Å². The van der Waals surface area contributed by atoms with E-state index in [4.69, 9.17) is 5.21 Å². The highest BCUT2D eigenvalue weighted by atomic mass is 16.5. The number of hydroxylamine groups is 1. The van der Waals surface area contributed by atoms with Gasteiger partial charge in [0, 0.05) is 6.08 Å². The van der Waals surface area contributed by atoms with E-state index < -0.39 is 5.91 Å². The van der Waals surface area contributed by atoms with E-state index in [2.05, 4.69) is 0 Å². The molecule has 0 unspecified atom stereocenters. The molecular weight excluding hydrogens is 214 g/mol. The average molecular weight is 237 g/mol. The number of rotatable bonds is 2. The standard InChI is InChI=1S/C10H11NO2.2C2H6/c1-8-2-4-9(5-3-8)6-7-10(12)11-13;2*1-2/h2-7,13H,1H3,(H,11,12);2*1-2H3/b7-6+;;. The van der Waals surface area contributed by atoms with E-state index in [1.807, 2.05) is 58.9 Å². The van der Waals surface area contributed by atoms with Gasteiger partial charge in [0.2, 0.25) is 0 Å². The van der Waals surface area contributed by atoms with Crippen molar-refractivity contribution < 1.29 is 10.0 Å². The topological polar surface area (TPSA) is 49.3 Å². The summed E-state index contributed by atoms with van der Waals surface area (Å²) in [4.78, 5) is 10.6. The van der Waals surface area contributed by atoms with E-state index in [0.29, 0.717) is 0 Å². The highest BCUT2D eigenvalue weighted by molar-refractivity contribution is 5.90. The van der Waals surface area contributed by atoms with Crippen molar-refractivity contribution in [3.05, 3.63) is 41.5 Å². The fraction of sp³-hybridized carbons (Fsp3) is 0.357. The number of nitrogens with one attached hydrogen (secondary N) is 1. The normalized spacial score (nSPS) is 8.59. The van der Waals surface area contributed by atoms with Crippen molar-refractivity contribution in [1.82, 2.24) is 5.48 Å². The number of aryl methyl sites for hydroxylation is 1. The first kappa shape index (κ1) is 17.8. The molecular formula is C14H23NO2. The minimum Gasteiger partial charge on any atom is -0.288 e. The molecule has 0 spiro atoms. The quantitative estimate of drug-likeness (QED) is 0.469. The second kappa shape index (κ2) is 12.5. The van der Waals surface area contributed by atoms with E-state index >= 15 is 0 Å². The Labute approximate surface area is 104 Å². The average Bonchev–Trinajstić information content (AvgIpc) is 2.42. The molecule has 0 aliphatic rings. The Kier molecular flexibility index (Phi) is 13.0. The summed E-state index contributed by atoms with van der Waals surface area (Å²) in [6.07, 6.45) is 2.90. The Morgan fingerprint density at radius 2 is 1.59 bits per heavy atom. The smallest absolute Gasteiger partial charge is 0.267 e. The molecule has 0 saturated carbocycles. The zero-order valence-electron chi connectivity index (χ0n) is 11.3. The molecule has 0 fully saturated rings.